The highest BCUT2D eigenvalue weighted by molar-refractivity contribution is 5.10. The molecule has 1 aliphatic heterocycles. The molecule has 1 fully saturated rings. The number of hydrogen-bond donors (Lipinski definition) is 1. The van der Waals surface area contributed by atoms with Gasteiger partial charge in [-0.25, -0.2) is 0 Å². The largest absolute Gasteiger partial charge is 0.468 e. The molecular formula is C13H21NO2. The molecule has 1 aromatic heterocycles. The van der Waals surface area contributed by atoms with Crippen LogP contribution in [0.3, 0.4) is 0 Å². The van der Waals surface area contributed by atoms with Gasteiger partial charge < -0.3 is 14.5 Å². The molecule has 0 aromatic carbocycles. The van der Waals surface area contributed by atoms with E-state index in [0.717, 1.165) is 25.3 Å². The number of nitrogens with one attached hydrogen (secondary N) is 1. The number of hydrogen-bond acceptors (Lipinski definition) is 3. The summed E-state index contributed by atoms with van der Waals surface area (Å²) >= 11 is 0. The highest BCUT2D eigenvalue weighted by Crippen LogP contribution is 2.36. The predicted molar refractivity (Wildman–Crippen MR) is 63.3 cm³/mol. The maximum absolute atomic E-state index is 5.98. The lowest BCUT2D eigenvalue weighted by Crippen LogP contribution is -2.45. The maximum Gasteiger partial charge on any atom is 0.123 e. The number of ether oxygens (including phenoxy) is 1. The van der Waals surface area contributed by atoms with Gasteiger partial charge in [0.2, 0.25) is 0 Å². The summed E-state index contributed by atoms with van der Waals surface area (Å²) < 4.78 is 11.5. The van der Waals surface area contributed by atoms with Crippen molar-refractivity contribution < 1.29 is 9.15 Å². The van der Waals surface area contributed by atoms with E-state index in [2.05, 4.69) is 19.2 Å². The molecule has 2 rings (SSSR count). The first-order valence-electron chi connectivity index (χ1n) is 6.17. The van der Waals surface area contributed by atoms with Crippen molar-refractivity contribution in [3.63, 3.8) is 0 Å². The van der Waals surface area contributed by atoms with Gasteiger partial charge in [0.15, 0.2) is 0 Å². The lowest BCUT2D eigenvalue weighted by atomic mass is 9.86. The number of likely N-dealkylation sites (N-methyl/N-ethyl adjacent to an activating group) is 1. The second-order valence-corrected chi connectivity index (χ2v) is 4.62. The molecule has 2 unspecified atom stereocenters. The smallest absolute Gasteiger partial charge is 0.123 e. The van der Waals surface area contributed by atoms with E-state index in [1.807, 2.05) is 12.1 Å². The normalized spacial score (nSPS) is 27.9. The second-order valence-electron chi connectivity index (χ2n) is 4.62. The van der Waals surface area contributed by atoms with Crippen molar-refractivity contribution in [1.82, 2.24) is 5.32 Å². The quantitative estimate of drug-likeness (QED) is 0.852. The number of furan rings is 1. The van der Waals surface area contributed by atoms with Crippen LogP contribution in [-0.4, -0.2) is 18.8 Å². The predicted octanol–water partition coefficient (Wildman–Crippen LogP) is 2.89. The molecule has 1 saturated heterocycles. The molecule has 3 nitrogen and oxygen atoms in total. The third-order valence-electron chi connectivity index (χ3n) is 3.35. The van der Waals surface area contributed by atoms with Gasteiger partial charge in [0.25, 0.3) is 0 Å². The summed E-state index contributed by atoms with van der Waals surface area (Å²) in [5, 5.41) is 3.48. The lowest BCUT2D eigenvalue weighted by molar-refractivity contribution is -0.0932. The Morgan fingerprint density at radius 3 is 2.94 bits per heavy atom. The summed E-state index contributed by atoms with van der Waals surface area (Å²) in [6.07, 6.45) is 5.23. The van der Waals surface area contributed by atoms with Crippen LogP contribution in [0.2, 0.25) is 0 Å². The molecule has 0 bridgehead atoms. The molecule has 90 valence electrons. The zero-order chi connectivity index (χ0) is 11.4. The molecule has 0 spiro atoms. The van der Waals surface area contributed by atoms with E-state index in [9.17, 15) is 0 Å². The molecule has 0 saturated carbocycles. The van der Waals surface area contributed by atoms with Crippen molar-refractivity contribution in [2.75, 3.05) is 13.2 Å². The third kappa shape index (κ3) is 2.30. The molecule has 1 N–H and O–H groups in total. The fraction of sp³-hybridized carbons (Fsp3) is 0.692. The average molecular weight is 223 g/mol. The first-order chi connectivity index (χ1) is 7.76. The Kier molecular flexibility index (Phi) is 3.66. The van der Waals surface area contributed by atoms with Gasteiger partial charge in [0.05, 0.1) is 17.9 Å². The summed E-state index contributed by atoms with van der Waals surface area (Å²) in [7, 11) is 0. The van der Waals surface area contributed by atoms with Crippen molar-refractivity contribution >= 4 is 0 Å². The summed E-state index contributed by atoms with van der Waals surface area (Å²) in [6, 6.07) is 4.12. The summed E-state index contributed by atoms with van der Waals surface area (Å²) in [6.45, 7) is 6.08. The Morgan fingerprint density at radius 2 is 2.38 bits per heavy atom. The lowest BCUT2D eigenvalue weighted by Gasteiger charge is -2.40. The van der Waals surface area contributed by atoms with E-state index in [0.29, 0.717) is 0 Å². The van der Waals surface area contributed by atoms with Crippen molar-refractivity contribution in [1.29, 1.82) is 0 Å². The molecule has 1 aromatic rings. The average Bonchev–Trinajstić information content (AvgIpc) is 2.80. The highest BCUT2D eigenvalue weighted by atomic mass is 16.5. The Bertz CT molecular complexity index is 302. The maximum atomic E-state index is 5.98. The fourth-order valence-corrected chi connectivity index (χ4v) is 2.46. The zero-order valence-corrected chi connectivity index (χ0v) is 10.2. The zero-order valence-electron chi connectivity index (χ0n) is 10.2. The van der Waals surface area contributed by atoms with Crippen LogP contribution in [0.5, 0.6) is 0 Å². The molecular weight excluding hydrogens is 202 g/mol. The van der Waals surface area contributed by atoms with Crippen LogP contribution in [0.15, 0.2) is 22.8 Å². The first-order valence-corrected chi connectivity index (χ1v) is 6.17. The van der Waals surface area contributed by atoms with E-state index in [1.165, 1.54) is 12.8 Å². The fourth-order valence-electron chi connectivity index (χ4n) is 2.46. The van der Waals surface area contributed by atoms with E-state index in [-0.39, 0.29) is 11.6 Å². The molecule has 1 aliphatic rings. The molecule has 2 heterocycles. The molecule has 16 heavy (non-hydrogen) atoms. The van der Waals surface area contributed by atoms with Crippen molar-refractivity contribution in [3.8, 4) is 0 Å². The van der Waals surface area contributed by atoms with E-state index < -0.39 is 0 Å². The summed E-state index contributed by atoms with van der Waals surface area (Å²) in [5.74, 6) is 0.978. The van der Waals surface area contributed by atoms with Crippen LogP contribution in [0.25, 0.3) is 0 Å². The van der Waals surface area contributed by atoms with E-state index in [1.54, 1.807) is 6.26 Å². The van der Waals surface area contributed by atoms with Crippen LogP contribution in [0, 0.1) is 0 Å². The van der Waals surface area contributed by atoms with Gasteiger partial charge in [-0.2, -0.15) is 0 Å². The van der Waals surface area contributed by atoms with Gasteiger partial charge in [0, 0.05) is 6.61 Å². The number of rotatable bonds is 4. The molecule has 0 aliphatic carbocycles. The SMILES string of the molecule is CCNC(c1ccco1)C1(C)CCCCO1. The Balaban J connectivity index is 2.17. The van der Waals surface area contributed by atoms with Gasteiger partial charge in [-0.15, -0.1) is 0 Å². The molecule has 3 heteroatoms. The van der Waals surface area contributed by atoms with Gasteiger partial charge in [-0.3, -0.25) is 0 Å². The highest BCUT2D eigenvalue weighted by Gasteiger charge is 2.38. The molecule has 2 atom stereocenters. The minimum atomic E-state index is -0.133. The Hall–Kier alpha value is -0.800. The van der Waals surface area contributed by atoms with Gasteiger partial charge in [-0.1, -0.05) is 6.92 Å². The van der Waals surface area contributed by atoms with Crippen LogP contribution >= 0.6 is 0 Å². The van der Waals surface area contributed by atoms with E-state index in [4.69, 9.17) is 9.15 Å². The minimum absolute atomic E-state index is 0.133. The standard InChI is InChI=1S/C13H21NO2/c1-3-14-12(11-7-6-9-15-11)13(2)8-4-5-10-16-13/h6-7,9,12,14H,3-5,8,10H2,1-2H3. The minimum Gasteiger partial charge on any atom is -0.468 e. The summed E-state index contributed by atoms with van der Waals surface area (Å²) in [5.41, 5.74) is -0.133. The Morgan fingerprint density at radius 1 is 1.50 bits per heavy atom. The Labute approximate surface area is 97.2 Å². The summed E-state index contributed by atoms with van der Waals surface area (Å²) in [4.78, 5) is 0. The van der Waals surface area contributed by atoms with Crippen LogP contribution in [-0.2, 0) is 4.74 Å². The van der Waals surface area contributed by atoms with Gasteiger partial charge >= 0.3 is 0 Å². The van der Waals surface area contributed by atoms with Crippen molar-refractivity contribution in [2.45, 2.75) is 44.8 Å². The van der Waals surface area contributed by atoms with Crippen LogP contribution < -0.4 is 5.32 Å². The van der Waals surface area contributed by atoms with Crippen molar-refractivity contribution in [3.05, 3.63) is 24.2 Å². The monoisotopic (exact) mass is 223 g/mol. The molecule has 0 amide bonds. The third-order valence-corrected chi connectivity index (χ3v) is 3.35. The second kappa shape index (κ2) is 5.02. The van der Waals surface area contributed by atoms with E-state index >= 15 is 0 Å². The van der Waals surface area contributed by atoms with Crippen LogP contribution in [0.1, 0.15) is 44.9 Å². The molecule has 0 radical (unpaired) electrons. The first kappa shape index (κ1) is 11.7. The van der Waals surface area contributed by atoms with Gasteiger partial charge in [0.1, 0.15) is 5.76 Å². The topological polar surface area (TPSA) is 34.4 Å². The van der Waals surface area contributed by atoms with Crippen molar-refractivity contribution in [2.24, 2.45) is 0 Å². The van der Waals surface area contributed by atoms with Crippen LogP contribution in [0.4, 0.5) is 0 Å². The van der Waals surface area contributed by atoms with Gasteiger partial charge in [-0.05, 0) is 44.9 Å².